The van der Waals surface area contributed by atoms with Crippen molar-refractivity contribution in [1.82, 2.24) is 4.98 Å². The largest absolute Gasteiger partial charge is 0.372 e. The van der Waals surface area contributed by atoms with E-state index in [1.807, 2.05) is 12.3 Å². The molecule has 112 valence electrons. The van der Waals surface area contributed by atoms with Crippen molar-refractivity contribution in [1.29, 1.82) is 0 Å². The van der Waals surface area contributed by atoms with Crippen LogP contribution in [0.3, 0.4) is 0 Å². The molecular weight excluding hydrogens is 276 g/mol. The smallest absolute Gasteiger partial charge is 0.133 e. The Morgan fingerprint density at radius 3 is 3.00 bits per heavy atom. The van der Waals surface area contributed by atoms with E-state index in [-0.39, 0.29) is 6.10 Å². The zero-order valence-corrected chi connectivity index (χ0v) is 12.3. The molecule has 3 unspecified atom stereocenters. The van der Waals surface area contributed by atoms with Gasteiger partial charge >= 0.3 is 0 Å². The molecule has 2 fully saturated rings. The first-order chi connectivity index (χ1) is 10.9. The first kappa shape index (κ1) is 12.6. The van der Waals surface area contributed by atoms with Gasteiger partial charge in [-0.05, 0) is 41.7 Å². The normalized spacial score (nSPS) is 28.6. The van der Waals surface area contributed by atoms with E-state index in [1.54, 1.807) is 0 Å². The highest BCUT2D eigenvalue weighted by Crippen LogP contribution is 2.40. The van der Waals surface area contributed by atoms with Crippen LogP contribution in [-0.4, -0.2) is 23.8 Å². The number of aromatic nitrogens is 1. The van der Waals surface area contributed by atoms with E-state index in [9.17, 15) is 0 Å². The van der Waals surface area contributed by atoms with Crippen molar-refractivity contribution < 1.29 is 9.47 Å². The van der Waals surface area contributed by atoms with Gasteiger partial charge < -0.3 is 14.8 Å². The minimum Gasteiger partial charge on any atom is -0.372 e. The summed E-state index contributed by atoms with van der Waals surface area (Å²) in [5.74, 6) is 0.979. The molecule has 1 aromatic carbocycles. The lowest BCUT2D eigenvalue weighted by molar-refractivity contribution is -0.0941. The Balaban J connectivity index is 1.45. The number of fused-ring (bicyclic) bond motifs is 3. The number of nitrogens with one attached hydrogen (secondary N) is 1. The lowest BCUT2D eigenvalue weighted by atomic mass is 10.0. The second kappa shape index (κ2) is 4.80. The van der Waals surface area contributed by atoms with Crippen molar-refractivity contribution in [3.05, 3.63) is 53.2 Å². The fourth-order valence-electron chi connectivity index (χ4n) is 3.40. The number of hydrogen-bond donors (Lipinski definition) is 1. The van der Waals surface area contributed by atoms with Crippen LogP contribution >= 0.6 is 0 Å². The lowest BCUT2D eigenvalue weighted by Crippen LogP contribution is -2.22. The van der Waals surface area contributed by atoms with Crippen molar-refractivity contribution in [2.24, 2.45) is 0 Å². The highest BCUT2D eigenvalue weighted by atomic mass is 16.6. The van der Waals surface area contributed by atoms with Gasteiger partial charge in [0.05, 0.1) is 18.8 Å². The molecule has 3 atom stereocenters. The van der Waals surface area contributed by atoms with E-state index >= 15 is 0 Å². The maximum atomic E-state index is 6.07. The Labute approximate surface area is 129 Å². The molecule has 1 N–H and O–H groups in total. The van der Waals surface area contributed by atoms with Gasteiger partial charge in [0.15, 0.2) is 0 Å². The van der Waals surface area contributed by atoms with Crippen LogP contribution in [0.2, 0.25) is 0 Å². The number of benzene rings is 1. The highest BCUT2D eigenvalue weighted by molar-refractivity contribution is 5.65. The van der Waals surface area contributed by atoms with Crippen molar-refractivity contribution in [3.8, 4) is 0 Å². The van der Waals surface area contributed by atoms with Crippen LogP contribution in [0, 0.1) is 0 Å². The minimum atomic E-state index is 0.0813. The molecule has 22 heavy (non-hydrogen) atoms. The van der Waals surface area contributed by atoms with Gasteiger partial charge in [0, 0.05) is 18.3 Å². The number of ether oxygens (including phenoxy) is 2. The number of aryl methyl sites for hydroxylation is 2. The fourth-order valence-corrected chi connectivity index (χ4v) is 3.40. The predicted molar refractivity (Wildman–Crippen MR) is 83.3 cm³/mol. The van der Waals surface area contributed by atoms with Crippen LogP contribution < -0.4 is 5.32 Å². The zero-order chi connectivity index (χ0) is 14.5. The van der Waals surface area contributed by atoms with Gasteiger partial charge in [0.1, 0.15) is 11.9 Å². The summed E-state index contributed by atoms with van der Waals surface area (Å²) in [6.07, 6.45) is 5.70. The van der Waals surface area contributed by atoms with Gasteiger partial charge in [-0.25, -0.2) is 4.98 Å². The van der Waals surface area contributed by atoms with Crippen LogP contribution in [0.1, 0.15) is 29.2 Å². The number of nitrogens with zero attached hydrogens (tertiary/aromatic N) is 1. The molecule has 0 spiro atoms. The van der Waals surface area contributed by atoms with Gasteiger partial charge in [-0.3, -0.25) is 0 Å². The topological polar surface area (TPSA) is 43.4 Å². The van der Waals surface area contributed by atoms with Crippen molar-refractivity contribution in [2.45, 2.75) is 37.6 Å². The molecule has 2 aromatic rings. The minimum absolute atomic E-state index is 0.0813. The third-order valence-corrected chi connectivity index (χ3v) is 4.79. The van der Waals surface area contributed by atoms with E-state index in [2.05, 4.69) is 34.6 Å². The number of pyridine rings is 1. The summed E-state index contributed by atoms with van der Waals surface area (Å²) in [7, 11) is 0. The molecule has 2 aliphatic heterocycles. The molecule has 1 aromatic heterocycles. The maximum Gasteiger partial charge on any atom is 0.133 e. The fraction of sp³-hybridized carbons (Fsp3) is 0.389. The van der Waals surface area contributed by atoms with Crippen LogP contribution in [0.5, 0.6) is 0 Å². The maximum absolute atomic E-state index is 6.07. The third-order valence-electron chi connectivity index (χ3n) is 4.79. The average molecular weight is 294 g/mol. The summed E-state index contributed by atoms with van der Waals surface area (Å²) in [6.45, 7) is 0.676. The SMILES string of the molecule is c1cnc2c(c1)CCc1cc(C3COC4CC4O3)ccc1N2. The first-order valence-electron chi connectivity index (χ1n) is 7.97. The quantitative estimate of drug-likeness (QED) is 0.877. The lowest BCUT2D eigenvalue weighted by Gasteiger charge is -2.23. The predicted octanol–water partition coefficient (Wildman–Crippen LogP) is 3.15. The van der Waals surface area contributed by atoms with E-state index in [0.717, 1.165) is 30.8 Å². The summed E-state index contributed by atoms with van der Waals surface area (Å²) < 4.78 is 11.9. The van der Waals surface area contributed by atoms with Gasteiger partial charge in [-0.1, -0.05) is 18.2 Å². The van der Waals surface area contributed by atoms with E-state index in [1.165, 1.54) is 16.7 Å². The Bertz CT molecular complexity index is 731. The zero-order valence-electron chi connectivity index (χ0n) is 12.3. The standard InChI is InChI=1S/C18H18N2O2/c1-2-11-3-4-12-8-13(17-10-21-15-9-16(15)22-17)5-6-14(12)20-18(11)19-7-1/h1-2,5-8,15-17H,3-4,9-10H2,(H,19,20). The van der Waals surface area contributed by atoms with Crippen LogP contribution in [0.25, 0.3) is 0 Å². The number of rotatable bonds is 1. The van der Waals surface area contributed by atoms with Crippen molar-refractivity contribution in [2.75, 3.05) is 11.9 Å². The molecular formula is C18H18N2O2. The van der Waals surface area contributed by atoms with Crippen LogP contribution in [0.4, 0.5) is 11.5 Å². The molecule has 5 rings (SSSR count). The molecule has 0 amide bonds. The number of hydrogen-bond acceptors (Lipinski definition) is 4. The average Bonchev–Trinajstić information content (AvgIpc) is 3.35. The van der Waals surface area contributed by atoms with Gasteiger partial charge in [0.25, 0.3) is 0 Å². The second-order valence-electron chi connectivity index (χ2n) is 6.32. The Hall–Kier alpha value is -1.91. The van der Waals surface area contributed by atoms with E-state index in [4.69, 9.17) is 9.47 Å². The molecule has 0 radical (unpaired) electrons. The number of anilines is 2. The van der Waals surface area contributed by atoms with Gasteiger partial charge in [0.2, 0.25) is 0 Å². The van der Waals surface area contributed by atoms with Crippen molar-refractivity contribution in [3.63, 3.8) is 0 Å². The summed E-state index contributed by atoms with van der Waals surface area (Å²) in [4.78, 5) is 4.45. The Kier molecular flexibility index (Phi) is 2.75. The first-order valence-corrected chi connectivity index (χ1v) is 7.97. The van der Waals surface area contributed by atoms with Crippen LogP contribution in [0.15, 0.2) is 36.5 Å². The summed E-state index contributed by atoms with van der Waals surface area (Å²) >= 11 is 0. The monoisotopic (exact) mass is 294 g/mol. The molecule has 0 bridgehead atoms. The summed E-state index contributed by atoms with van der Waals surface area (Å²) in [6, 6.07) is 10.7. The summed E-state index contributed by atoms with van der Waals surface area (Å²) in [5.41, 5.74) is 4.99. The van der Waals surface area contributed by atoms with Crippen LogP contribution in [-0.2, 0) is 22.3 Å². The van der Waals surface area contributed by atoms with Crippen molar-refractivity contribution >= 4 is 11.5 Å². The Morgan fingerprint density at radius 1 is 1.09 bits per heavy atom. The van der Waals surface area contributed by atoms with E-state index in [0.29, 0.717) is 18.8 Å². The Morgan fingerprint density at radius 2 is 2.05 bits per heavy atom. The van der Waals surface area contributed by atoms with Gasteiger partial charge in [-0.15, -0.1) is 0 Å². The molecule has 1 saturated carbocycles. The van der Waals surface area contributed by atoms with Gasteiger partial charge in [-0.2, -0.15) is 0 Å². The summed E-state index contributed by atoms with van der Waals surface area (Å²) in [5, 5.41) is 3.47. The molecule has 1 saturated heterocycles. The third kappa shape index (κ3) is 2.11. The molecule has 3 heterocycles. The molecule has 4 heteroatoms. The molecule has 4 nitrogen and oxygen atoms in total. The second-order valence-corrected chi connectivity index (χ2v) is 6.32. The van der Waals surface area contributed by atoms with E-state index < -0.39 is 0 Å². The highest BCUT2D eigenvalue weighted by Gasteiger charge is 2.45. The molecule has 1 aliphatic carbocycles. The molecule has 3 aliphatic rings.